The number of aromatic nitrogens is 1. The third-order valence-electron chi connectivity index (χ3n) is 5.02. The minimum Gasteiger partial charge on any atom is -0.439 e. The molecule has 1 saturated heterocycles. The second-order valence-corrected chi connectivity index (χ2v) is 7.11. The average Bonchev–Trinajstić information content (AvgIpc) is 2.70. The van der Waals surface area contributed by atoms with E-state index in [1.165, 1.54) is 12.1 Å². The maximum atomic E-state index is 12.9. The van der Waals surface area contributed by atoms with Gasteiger partial charge in [0.2, 0.25) is 11.8 Å². The van der Waals surface area contributed by atoms with E-state index < -0.39 is 0 Å². The standard InChI is InChI=1S/C21H26FN3O2.2ClH/c1-15(17-8-10-23-11-9-17)12-20(26)24-13-16-2-7-21(25-14-16)27-19-5-3-18(22)4-6-19;;/h2-7,14-15,17,23H,8-13H2,1H3,(H,24,26);2*1H. The van der Waals surface area contributed by atoms with Gasteiger partial charge in [0.1, 0.15) is 11.6 Å². The van der Waals surface area contributed by atoms with Gasteiger partial charge >= 0.3 is 0 Å². The van der Waals surface area contributed by atoms with Crippen molar-refractivity contribution < 1.29 is 13.9 Å². The first-order chi connectivity index (χ1) is 13.1. The van der Waals surface area contributed by atoms with E-state index in [4.69, 9.17) is 4.74 Å². The summed E-state index contributed by atoms with van der Waals surface area (Å²) in [5.74, 6) is 1.75. The molecule has 0 radical (unpaired) electrons. The third kappa shape index (κ3) is 8.17. The Balaban J connectivity index is 0.00000210. The summed E-state index contributed by atoms with van der Waals surface area (Å²) in [7, 11) is 0. The van der Waals surface area contributed by atoms with Gasteiger partial charge in [-0.25, -0.2) is 9.37 Å². The molecule has 0 saturated carbocycles. The molecule has 1 aliphatic rings. The summed E-state index contributed by atoms with van der Waals surface area (Å²) in [4.78, 5) is 16.4. The number of halogens is 3. The van der Waals surface area contributed by atoms with Crippen LogP contribution >= 0.6 is 24.8 Å². The molecular weight excluding hydrogens is 416 g/mol. The number of amides is 1. The zero-order valence-corrected chi connectivity index (χ0v) is 18.0. The molecule has 1 unspecified atom stereocenters. The zero-order chi connectivity index (χ0) is 19.1. The fourth-order valence-corrected chi connectivity index (χ4v) is 3.34. The van der Waals surface area contributed by atoms with Gasteiger partial charge in [-0.1, -0.05) is 13.0 Å². The van der Waals surface area contributed by atoms with Crippen LogP contribution in [-0.2, 0) is 11.3 Å². The van der Waals surface area contributed by atoms with Gasteiger partial charge in [0.05, 0.1) is 0 Å². The Labute approximate surface area is 183 Å². The van der Waals surface area contributed by atoms with Crippen molar-refractivity contribution in [2.75, 3.05) is 13.1 Å². The van der Waals surface area contributed by atoms with E-state index in [2.05, 4.69) is 22.5 Å². The Bertz CT molecular complexity index is 739. The van der Waals surface area contributed by atoms with Crippen molar-refractivity contribution in [3.05, 3.63) is 54.0 Å². The van der Waals surface area contributed by atoms with Gasteiger partial charge in [-0.05, 0) is 67.6 Å². The average molecular weight is 444 g/mol. The van der Waals surface area contributed by atoms with Crippen LogP contribution in [0.1, 0.15) is 31.7 Å². The molecule has 29 heavy (non-hydrogen) atoms. The fourth-order valence-electron chi connectivity index (χ4n) is 3.34. The van der Waals surface area contributed by atoms with Gasteiger partial charge in [0.15, 0.2) is 0 Å². The van der Waals surface area contributed by atoms with Crippen LogP contribution in [0.25, 0.3) is 0 Å². The fraction of sp³-hybridized carbons (Fsp3) is 0.429. The number of hydrogen-bond acceptors (Lipinski definition) is 4. The molecule has 1 aliphatic heterocycles. The highest BCUT2D eigenvalue weighted by atomic mass is 35.5. The molecule has 2 aromatic rings. The highest BCUT2D eigenvalue weighted by Crippen LogP contribution is 2.24. The predicted octanol–water partition coefficient (Wildman–Crippen LogP) is 4.50. The Morgan fingerprint density at radius 2 is 1.90 bits per heavy atom. The molecular formula is C21H28Cl2FN3O2. The Hall–Kier alpha value is -1.89. The van der Waals surface area contributed by atoms with Crippen LogP contribution < -0.4 is 15.4 Å². The summed E-state index contributed by atoms with van der Waals surface area (Å²) >= 11 is 0. The van der Waals surface area contributed by atoms with Gasteiger partial charge < -0.3 is 15.4 Å². The number of pyridine rings is 1. The maximum absolute atomic E-state index is 12.9. The molecule has 2 N–H and O–H groups in total. The quantitative estimate of drug-likeness (QED) is 0.660. The van der Waals surface area contributed by atoms with Crippen LogP contribution in [0, 0.1) is 17.7 Å². The van der Waals surface area contributed by atoms with E-state index >= 15 is 0 Å². The van der Waals surface area contributed by atoms with Crippen molar-refractivity contribution in [3.63, 3.8) is 0 Å². The summed E-state index contributed by atoms with van der Waals surface area (Å²) in [5.41, 5.74) is 0.907. The van der Waals surface area contributed by atoms with Crippen LogP contribution in [0.3, 0.4) is 0 Å². The monoisotopic (exact) mass is 443 g/mol. The molecule has 0 spiro atoms. The van der Waals surface area contributed by atoms with Crippen LogP contribution in [0.5, 0.6) is 11.6 Å². The van der Waals surface area contributed by atoms with Crippen molar-refractivity contribution in [3.8, 4) is 11.6 Å². The van der Waals surface area contributed by atoms with Gasteiger partial charge in [-0.3, -0.25) is 4.79 Å². The molecule has 0 aliphatic carbocycles. The largest absolute Gasteiger partial charge is 0.439 e. The first kappa shape index (κ1) is 25.1. The van der Waals surface area contributed by atoms with Crippen molar-refractivity contribution in [2.24, 2.45) is 11.8 Å². The smallest absolute Gasteiger partial charge is 0.220 e. The summed E-state index contributed by atoms with van der Waals surface area (Å²) < 4.78 is 18.5. The zero-order valence-electron chi connectivity index (χ0n) is 16.4. The van der Waals surface area contributed by atoms with Crippen molar-refractivity contribution in [1.29, 1.82) is 0 Å². The lowest BCUT2D eigenvalue weighted by Crippen LogP contribution is -2.33. The maximum Gasteiger partial charge on any atom is 0.220 e. The van der Waals surface area contributed by atoms with E-state index in [1.807, 2.05) is 6.07 Å². The summed E-state index contributed by atoms with van der Waals surface area (Å²) in [6.45, 7) is 4.71. The molecule has 5 nitrogen and oxygen atoms in total. The van der Waals surface area contributed by atoms with E-state index in [1.54, 1.807) is 24.4 Å². The molecule has 2 heterocycles. The number of nitrogens with zero attached hydrogens (tertiary/aromatic N) is 1. The lowest BCUT2D eigenvalue weighted by atomic mass is 9.84. The molecule has 1 aromatic heterocycles. The number of piperidine rings is 1. The van der Waals surface area contributed by atoms with Crippen LogP contribution in [0.15, 0.2) is 42.6 Å². The van der Waals surface area contributed by atoms with E-state index in [0.29, 0.717) is 36.4 Å². The molecule has 1 fully saturated rings. The number of ether oxygens (including phenoxy) is 1. The minimum absolute atomic E-state index is 0. The Kier molecular flexibility index (Phi) is 10.9. The summed E-state index contributed by atoms with van der Waals surface area (Å²) in [6, 6.07) is 9.38. The molecule has 0 bridgehead atoms. The van der Waals surface area contributed by atoms with Crippen molar-refractivity contribution >= 4 is 30.7 Å². The topological polar surface area (TPSA) is 63.2 Å². The van der Waals surface area contributed by atoms with E-state index in [0.717, 1.165) is 31.5 Å². The van der Waals surface area contributed by atoms with Crippen molar-refractivity contribution in [1.82, 2.24) is 15.6 Å². The normalized spacial score (nSPS) is 14.8. The third-order valence-corrected chi connectivity index (χ3v) is 5.02. The first-order valence-corrected chi connectivity index (χ1v) is 9.46. The number of carbonyl (C=O) groups excluding carboxylic acids is 1. The SMILES string of the molecule is CC(CC(=O)NCc1ccc(Oc2ccc(F)cc2)nc1)C1CCNCC1.Cl.Cl. The molecule has 1 atom stereocenters. The van der Waals surface area contributed by atoms with Crippen LogP contribution in [0.4, 0.5) is 4.39 Å². The molecule has 1 aromatic carbocycles. The molecule has 160 valence electrons. The van der Waals surface area contributed by atoms with Gasteiger partial charge in [0, 0.05) is 25.2 Å². The van der Waals surface area contributed by atoms with Crippen LogP contribution in [0.2, 0.25) is 0 Å². The molecule has 1 amide bonds. The number of carbonyl (C=O) groups is 1. The highest BCUT2D eigenvalue weighted by Gasteiger charge is 2.21. The van der Waals surface area contributed by atoms with Crippen molar-refractivity contribution in [2.45, 2.75) is 32.7 Å². The number of benzene rings is 1. The second kappa shape index (κ2) is 12.6. The lowest BCUT2D eigenvalue weighted by molar-refractivity contribution is -0.122. The summed E-state index contributed by atoms with van der Waals surface area (Å²) in [6.07, 6.45) is 4.53. The second-order valence-electron chi connectivity index (χ2n) is 7.11. The first-order valence-electron chi connectivity index (χ1n) is 9.46. The van der Waals surface area contributed by atoms with Gasteiger partial charge in [0.25, 0.3) is 0 Å². The number of nitrogens with one attached hydrogen (secondary N) is 2. The molecule has 3 rings (SSSR count). The number of hydrogen-bond donors (Lipinski definition) is 2. The van der Waals surface area contributed by atoms with E-state index in [-0.39, 0.29) is 36.5 Å². The van der Waals surface area contributed by atoms with Gasteiger partial charge in [-0.15, -0.1) is 24.8 Å². The summed E-state index contributed by atoms with van der Waals surface area (Å²) in [5, 5.41) is 6.32. The van der Waals surface area contributed by atoms with Gasteiger partial charge in [-0.2, -0.15) is 0 Å². The molecule has 8 heteroatoms. The minimum atomic E-state index is -0.309. The Morgan fingerprint density at radius 1 is 1.21 bits per heavy atom. The highest BCUT2D eigenvalue weighted by molar-refractivity contribution is 5.85. The van der Waals surface area contributed by atoms with Crippen LogP contribution in [-0.4, -0.2) is 24.0 Å². The Morgan fingerprint density at radius 3 is 2.52 bits per heavy atom. The predicted molar refractivity (Wildman–Crippen MR) is 116 cm³/mol. The van der Waals surface area contributed by atoms with E-state index in [9.17, 15) is 9.18 Å². The lowest BCUT2D eigenvalue weighted by Gasteiger charge is -2.27. The number of rotatable bonds is 7.